The summed E-state index contributed by atoms with van der Waals surface area (Å²) < 4.78 is 0.397. The lowest BCUT2D eigenvalue weighted by Gasteiger charge is -2.17. The Morgan fingerprint density at radius 3 is 2.73 bits per heavy atom. The van der Waals surface area contributed by atoms with E-state index in [0.29, 0.717) is 11.7 Å². The van der Waals surface area contributed by atoms with E-state index in [9.17, 15) is 9.59 Å². The van der Waals surface area contributed by atoms with Gasteiger partial charge in [-0.25, -0.2) is 9.89 Å². The molecule has 1 aromatic heterocycles. The van der Waals surface area contributed by atoms with Crippen molar-refractivity contribution in [3.8, 4) is 0 Å². The fourth-order valence-corrected chi connectivity index (χ4v) is 1.89. The highest BCUT2D eigenvalue weighted by atomic mass is 32.2. The predicted molar refractivity (Wildman–Crippen MR) is 56.1 cm³/mol. The third-order valence-corrected chi connectivity index (χ3v) is 3.08. The van der Waals surface area contributed by atoms with Gasteiger partial charge in [-0.05, 0) is 20.8 Å². The van der Waals surface area contributed by atoms with E-state index in [1.54, 1.807) is 20.8 Å². The number of aromatic nitrogens is 3. The average molecular weight is 231 g/mol. The van der Waals surface area contributed by atoms with Gasteiger partial charge in [-0.3, -0.25) is 9.36 Å². The van der Waals surface area contributed by atoms with Gasteiger partial charge < -0.3 is 5.11 Å². The van der Waals surface area contributed by atoms with Gasteiger partial charge in [0.25, 0.3) is 0 Å². The minimum atomic E-state index is -1.00. The standard InChI is InChI=1S/C8H13N3O3S/c1-4-11-6(14)9-10-7(11)15-8(2,3)5(12)13/h4H2,1-3H3,(H,9,14)(H,12,13). The van der Waals surface area contributed by atoms with Crippen molar-refractivity contribution in [1.82, 2.24) is 14.8 Å². The van der Waals surface area contributed by atoms with E-state index in [1.165, 1.54) is 4.57 Å². The second-order valence-electron chi connectivity index (χ2n) is 3.47. The summed E-state index contributed by atoms with van der Waals surface area (Å²) >= 11 is 1.05. The average Bonchev–Trinajstić information content (AvgIpc) is 2.45. The van der Waals surface area contributed by atoms with Crippen LogP contribution in [0.2, 0.25) is 0 Å². The maximum absolute atomic E-state index is 11.2. The minimum absolute atomic E-state index is 0.318. The number of H-pyrrole nitrogens is 1. The molecule has 0 amide bonds. The van der Waals surface area contributed by atoms with Crippen molar-refractivity contribution in [2.24, 2.45) is 0 Å². The van der Waals surface area contributed by atoms with E-state index in [2.05, 4.69) is 10.2 Å². The summed E-state index contributed by atoms with van der Waals surface area (Å²) in [4.78, 5) is 22.1. The molecule has 1 heterocycles. The molecule has 0 saturated carbocycles. The zero-order valence-corrected chi connectivity index (χ0v) is 9.59. The summed E-state index contributed by atoms with van der Waals surface area (Å²) in [6.07, 6.45) is 0. The Labute approximate surface area is 90.7 Å². The van der Waals surface area contributed by atoms with E-state index in [1.807, 2.05) is 0 Å². The van der Waals surface area contributed by atoms with Crippen LogP contribution in [0.25, 0.3) is 0 Å². The highest BCUT2D eigenvalue weighted by Crippen LogP contribution is 2.30. The summed E-state index contributed by atoms with van der Waals surface area (Å²) in [7, 11) is 0. The van der Waals surface area contributed by atoms with Crippen molar-refractivity contribution in [2.75, 3.05) is 0 Å². The number of hydrogen-bond acceptors (Lipinski definition) is 4. The Hall–Kier alpha value is -1.24. The smallest absolute Gasteiger partial charge is 0.343 e. The lowest BCUT2D eigenvalue weighted by atomic mass is 10.2. The number of nitrogens with zero attached hydrogens (tertiary/aromatic N) is 2. The van der Waals surface area contributed by atoms with Gasteiger partial charge in [0.2, 0.25) is 0 Å². The molecule has 0 aromatic carbocycles. The van der Waals surface area contributed by atoms with E-state index in [-0.39, 0.29) is 5.69 Å². The molecule has 0 aliphatic rings. The Kier molecular flexibility index (Phi) is 3.23. The number of nitrogens with one attached hydrogen (secondary N) is 1. The Morgan fingerprint density at radius 2 is 2.27 bits per heavy atom. The molecular formula is C8H13N3O3S. The molecule has 0 radical (unpaired) electrons. The normalized spacial score (nSPS) is 11.7. The molecule has 0 saturated heterocycles. The summed E-state index contributed by atoms with van der Waals surface area (Å²) in [5.41, 5.74) is -0.318. The van der Waals surface area contributed by atoms with Crippen molar-refractivity contribution in [1.29, 1.82) is 0 Å². The zero-order chi connectivity index (χ0) is 11.6. The molecule has 0 fully saturated rings. The van der Waals surface area contributed by atoms with Crippen LogP contribution < -0.4 is 5.69 Å². The summed E-state index contributed by atoms with van der Waals surface area (Å²) in [6, 6.07) is 0. The predicted octanol–water partition coefficient (Wildman–Crippen LogP) is 0.547. The van der Waals surface area contributed by atoms with Gasteiger partial charge in [0.15, 0.2) is 5.16 Å². The monoisotopic (exact) mass is 231 g/mol. The Balaban J connectivity index is 2.99. The molecule has 7 heteroatoms. The molecule has 0 unspecified atom stereocenters. The number of thioether (sulfide) groups is 1. The summed E-state index contributed by atoms with van der Waals surface area (Å²) in [5, 5.41) is 15.4. The van der Waals surface area contributed by atoms with Crippen LogP contribution in [0.5, 0.6) is 0 Å². The van der Waals surface area contributed by atoms with Gasteiger partial charge in [0.1, 0.15) is 4.75 Å². The molecule has 1 aromatic rings. The molecule has 0 bridgehead atoms. The lowest BCUT2D eigenvalue weighted by molar-refractivity contribution is -0.138. The van der Waals surface area contributed by atoms with Crippen molar-refractivity contribution in [3.05, 3.63) is 10.5 Å². The first kappa shape index (κ1) is 11.8. The SMILES string of the molecule is CCn1c(SC(C)(C)C(=O)O)n[nH]c1=O. The minimum Gasteiger partial charge on any atom is -0.480 e. The summed E-state index contributed by atoms with van der Waals surface area (Å²) in [5.74, 6) is -0.939. The van der Waals surface area contributed by atoms with Gasteiger partial charge in [-0.1, -0.05) is 11.8 Å². The van der Waals surface area contributed by atoms with Crippen LogP contribution in [-0.4, -0.2) is 30.6 Å². The lowest BCUT2D eigenvalue weighted by Crippen LogP contribution is -2.28. The first-order valence-corrected chi connectivity index (χ1v) is 5.27. The first-order valence-electron chi connectivity index (χ1n) is 4.46. The van der Waals surface area contributed by atoms with Gasteiger partial charge in [-0.2, -0.15) is 0 Å². The van der Waals surface area contributed by atoms with Crippen LogP contribution in [0.3, 0.4) is 0 Å². The van der Waals surface area contributed by atoms with Crippen LogP contribution in [0, 0.1) is 0 Å². The topological polar surface area (TPSA) is 88.0 Å². The van der Waals surface area contributed by atoms with Gasteiger partial charge in [0, 0.05) is 6.54 Å². The maximum atomic E-state index is 11.2. The van der Waals surface area contributed by atoms with Crippen LogP contribution in [-0.2, 0) is 11.3 Å². The second kappa shape index (κ2) is 4.09. The van der Waals surface area contributed by atoms with Crippen molar-refractivity contribution in [2.45, 2.75) is 37.2 Å². The molecule has 0 aliphatic heterocycles. The highest BCUT2D eigenvalue weighted by Gasteiger charge is 2.30. The van der Waals surface area contributed by atoms with Gasteiger partial charge >= 0.3 is 11.7 Å². The van der Waals surface area contributed by atoms with Crippen molar-refractivity contribution in [3.63, 3.8) is 0 Å². The number of rotatable bonds is 4. The molecule has 0 aliphatic carbocycles. The van der Waals surface area contributed by atoms with Gasteiger partial charge in [0.05, 0.1) is 0 Å². The van der Waals surface area contributed by atoms with E-state index in [4.69, 9.17) is 5.11 Å². The van der Waals surface area contributed by atoms with E-state index in [0.717, 1.165) is 11.8 Å². The quantitative estimate of drug-likeness (QED) is 0.739. The van der Waals surface area contributed by atoms with Crippen LogP contribution in [0.1, 0.15) is 20.8 Å². The highest BCUT2D eigenvalue weighted by molar-refractivity contribution is 8.01. The third kappa shape index (κ3) is 2.41. The number of hydrogen-bond donors (Lipinski definition) is 2. The molecule has 84 valence electrons. The van der Waals surface area contributed by atoms with Crippen molar-refractivity contribution >= 4 is 17.7 Å². The zero-order valence-electron chi connectivity index (χ0n) is 8.77. The number of aromatic amines is 1. The first-order chi connectivity index (χ1) is 6.88. The van der Waals surface area contributed by atoms with E-state index < -0.39 is 10.7 Å². The molecule has 15 heavy (non-hydrogen) atoms. The molecule has 0 spiro atoms. The molecule has 6 nitrogen and oxygen atoms in total. The number of carboxylic acid groups (broad SMARTS) is 1. The summed E-state index contributed by atoms with van der Waals surface area (Å²) in [6.45, 7) is 5.40. The second-order valence-corrected chi connectivity index (χ2v) is 5.06. The van der Waals surface area contributed by atoms with Crippen molar-refractivity contribution < 1.29 is 9.90 Å². The maximum Gasteiger partial charge on any atom is 0.343 e. The Bertz CT molecular complexity index is 421. The fourth-order valence-electron chi connectivity index (χ4n) is 0.932. The number of carbonyl (C=O) groups is 1. The fraction of sp³-hybridized carbons (Fsp3) is 0.625. The van der Waals surface area contributed by atoms with Crippen LogP contribution in [0.15, 0.2) is 9.95 Å². The largest absolute Gasteiger partial charge is 0.480 e. The number of aliphatic carboxylic acids is 1. The third-order valence-electron chi connectivity index (χ3n) is 1.90. The molecule has 0 atom stereocenters. The Morgan fingerprint density at radius 1 is 1.67 bits per heavy atom. The molecule has 2 N–H and O–H groups in total. The van der Waals surface area contributed by atoms with Gasteiger partial charge in [-0.15, -0.1) is 5.10 Å². The molecular weight excluding hydrogens is 218 g/mol. The molecule has 1 rings (SSSR count). The van der Waals surface area contributed by atoms with Crippen LogP contribution in [0.4, 0.5) is 0 Å². The van der Waals surface area contributed by atoms with E-state index >= 15 is 0 Å². The van der Waals surface area contributed by atoms with Crippen LogP contribution >= 0.6 is 11.8 Å². The number of carboxylic acids is 1.